The van der Waals surface area contributed by atoms with E-state index in [2.05, 4.69) is 55.1 Å². The summed E-state index contributed by atoms with van der Waals surface area (Å²) in [5.74, 6) is 2.50. The zero-order valence-corrected chi connectivity index (χ0v) is 17.7. The molecule has 0 amide bonds. The summed E-state index contributed by atoms with van der Waals surface area (Å²) >= 11 is 0. The second kappa shape index (κ2) is 10.5. The van der Waals surface area contributed by atoms with Gasteiger partial charge in [-0.3, -0.25) is 14.8 Å². The van der Waals surface area contributed by atoms with Crippen LogP contribution in [-0.2, 0) is 4.74 Å². The van der Waals surface area contributed by atoms with Crippen molar-refractivity contribution in [2.75, 3.05) is 65.6 Å². The molecule has 0 saturated carbocycles. The van der Waals surface area contributed by atoms with Gasteiger partial charge in [0, 0.05) is 51.4 Å². The average molecular weight is 368 g/mol. The molecule has 2 unspecified atom stereocenters. The van der Waals surface area contributed by atoms with Crippen molar-refractivity contribution >= 4 is 5.96 Å². The van der Waals surface area contributed by atoms with E-state index in [1.54, 1.807) is 0 Å². The van der Waals surface area contributed by atoms with Gasteiger partial charge in [0.2, 0.25) is 0 Å². The minimum Gasteiger partial charge on any atom is -0.379 e. The summed E-state index contributed by atoms with van der Waals surface area (Å²) < 4.78 is 5.41. The molecule has 2 aliphatic rings. The van der Waals surface area contributed by atoms with Crippen LogP contribution in [0, 0.1) is 11.8 Å². The van der Waals surface area contributed by atoms with E-state index in [0.717, 1.165) is 70.3 Å². The van der Waals surface area contributed by atoms with Crippen LogP contribution < -0.4 is 10.6 Å². The summed E-state index contributed by atoms with van der Waals surface area (Å²) in [5.41, 5.74) is 0.0928. The van der Waals surface area contributed by atoms with E-state index in [-0.39, 0.29) is 5.54 Å². The van der Waals surface area contributed by atoms with E-state index in [1.165, 1.54) is 19.5 Å². The first-order chi connectivity index (χ1) is 12.4. The van der Waals surface area contributed by atoms with Crippen molar-refractivity contribution in [3.63, 3.8) is 0 Å². The second-order valence-corrected chi connectivity index (χ2v) is 8.74. The van der Waals surface area contributed by atoms with E-state index in [1.807, 2.05) is 0 Å². The van der Waals surface area contributed by atoms with Gasteiger partial charge in [-0.05, 0) is 39.0 Å². The molecule has 2 atom stereocenters. The SMILES string of the molecule is CCNC(=NCC(C)(C)N1CC(C)CC(C)C1)NCCN1CCOCC1. The molecule has 0 aliphatic carbocycles. The van der Waals surface area contributed by atoms with Crippen LogP contribution in [0.15, 0.2) is 4.99 Å². The largest absolute Gasteiger partial charge is 0.379 e. The fourth-order valence-corrected chi connectivity index (χ4v) is 4.03. The zero-order valence-electron chi connectivity index (χ0n) is 17.7. The molecule has 0 radical (unpaired) electrons. The van der Waals surface area contributed by atoms with E-state index < -0.39 is 0 Å². The molecular formula is C20H41N5O. The maximum atomic E-state index is 5.41. The Labute approximate surface area is 160 Å². The molecule has 2 saturated heterocycles. The molecule has 0 spiro atoms. The lowest BCUT2D eigenvalue weighted by molar-refractivity contribution is 0.0389. The molecule has 0 bridgehead atoms. The van der Waals surface area contributed by atoms with Crippen molar-refractivity contribution in [2.24, 2.45) is 16.8 Å². The number of aliphatic imine (C=N–C) groups is 1. The number of likely N-dealkylation sites (tertiary alicyclic amines) is 1. The number of nitrogens with one attached hydrogen (secondary N) is 2. The summed E-state index contributed by atoms with van der Waals surface area (Å²) in [6.45, 7) is 21.4. The van der Waals surface area contributed by atoms with Crippen LogP contribution in [-0.4, -0.2) is 86.9 Å². The first kappa shape index (κ1) is 21.5. The predicted molar refractivity (Wildman–Crippen MR) is 110 cm³/mol. The highest BCUT2D eigenvalue weighted by atomic mass is 16.5. The molecule has 0 aromatic heterocycles. The lowest BCUT2D eigenvalue weighted by atomic mass is 9.88. The highest BCUT2D eigenvalue weighted by Crippen LogP contribution is 2.27. The van der Waals surface area contributed by atoms with Crippen LogP contribution >= 0.6 is 0 Å². The molecule has 6 heteroatoms. The number of rotatable bonds is 7. The highest BCUT2D eigenvalue weighted by molar-refractivity contribution is 5.79. The van der Waals surface area contributed by atoms with Crippen LogP contribution in [0.3, 0.4) is 0 Å². The fraction of sp³-hybridized carbons (Fsp3) is 0.950. The Balaban J connectivity index is 1.83. The standard InChI is InChI=1S/C20H41N5O/c1-6-21-19(22-7-8-24-9-11-26-12-10-24)23-16-20(4,5)25-14-17(2)13-18(3)15-25/h17-18H,6-16H2,1-5H3,(H2,21,22,23). The number of morpholine rings is 1. The number of hydrogen-bond donors (Lipinski definition) is 2. The Morgan fingerprint density at radius 2 is 1.77 bits per heavy atom. The Bertz CT molecular complexity index is 424. The number of nitrogens with zero attached hydrogens (tertiary/aromatic N) is 3. The molecule has 0 aromatic rings. The maximum Gasteiger partial charge on any atom is 0.191 e. The van der Waals surface area contributed by atoms with Crippen molar-refractivity contribution in [3.05, 3.63) is 0 Å². The molecule has 152 valence electrons. The Morgan fingerprint density at radius 3 is 2.38 bits per heavy atom. The van der Waals surface area contributed by atoms with Gasteiger partial charge in [0.15, 0.2) is 5.96 Å². The molecule has 2 rings (SSSR count). The molecule has 2 fully saturated rings. The van der Waals surface area contributed by atoms with Gasteiger partial charge >= 0.3 is 0 Å². The fourth-order valence-electron chi connectivity index (χ4n) is 4.03. The summed E-state index contributed by atoms with van der Waals surface area (Å²) in [6.07, 6.45) is 1.35. The minimum absolute atomic E-state index is 0.0928. The van der Waals surface area contributed by atoms with Crippen LogP contribution in [0.1, 0.15) is 41.0 Å². The molecule has 26 heavy (non-hydrogen) atoms. The van der Waals surface area contributed by atoms with Gasteiger partial charge < -0.3 is 15.4 Å². The molecule has 2 heterocycles. The van der Waals surface area contributed by atoms with Gasteiger partial charge in [0.25, 0.3) is 0 Å². The van der Waals surface area contributed by atoms with Gasteiger partial charge in [0.1, 0.15) is 0 Å². The van der Waals surface area contributed by atoms with Gasteiger partial charge in [-0.15, -0.1) is 0 Å². The smallest absolute Gasteiger partial charge is 0.191 e. The summed E-state index contributed by atoms with van der Waals surface area (Å²) in [4.78, 5) is 9.98. The third kappa shape index (κ3) is 7.05. The summed E-state index contributed by atoms with van der Waals surface area (Å²) in [5, 5.41) is 6.89. The average Bonchev–Trinajstić information content (AvgIpc) is 2.60. The Kier molecular flexibility index (Phi) is 8.64. The lowest BCUT2D eigenvalue weighted by Crippen LogP contribution is -2.53. The van der Waals surface area contributed by atoms with Crippen molar-refractivity contribution in [1.82, 2.24) is 20.4 Å². The lowest BCUT2D eigenvalue weighted by Gasteiger charge is -2.44. The molecule has 2 N–H and O–H groups in total. The van der Waals surface area contributed by atoms with Gasteiger partial charge in [-0.25, -0.2) is 0 Å². The first-order valence-corrected chi connectivity index (χ1v) is 10.5. The van der Waals surface area contributed by atoms with Gasteiger partial charge in [-0.1, -0.05) is 13.8 Å². The topological polar surface area (TPSA) is 52.1 Å². The molecule has 2 aliphatic heterocycles. The molecular weight excluding hydrogens is 326 g/mol. The van der Waals surface area contributed by atoms with Crippen molar-refractivity contribution in [3.8, 4) is 0 Å². The predicted octanol–water partition coefficient (Wildman–Crippen LogP) is 1.63. The van der Waals surface area contributed by atoms with Crippen LogP contribution in [0.4, 0.5) is 0 Å². The van der Waals surface area contributed by atoms with E-state index >= 15 is 0 Å². The van der Waals surface area contributed by atoms with Crippen LogP contribution in [0.2, 0.25) is 0 Å². The third-order valence-electron chi connectivity index (χ3n) is 5.52. The maximum absolute atomic E-state index is 5.41. The second-order valence-electron chi connectivity index (χ2n) is 8.74. The summed E-state index contributed by atoms with van der Waals surface area (Å²) in [6, 6.07) is 0. The first-order valence-electron chi connectivity index (χ1n) is 10.5. The quantitative estimate of drug-likeness (QED) is 0.529. The zero-order chi connectivity index (χ0) is 19.0. The van der Waals surface area contributed by atoms with Gasteiger partial charge in [0.05, 0.1) is 19.8 Å². The Hall–Kier alpha value is -0.850. The van der Waals surface area contributed by atoms with Gasteiger partial charge in [-0.2, -0.15) is 0 Å². The van der Waals surface area contributed by atoms with Crippen LogP contribution in [0.25, 0.3) is 0 Å². The number of ether oxygens (including phenoxy) is 1. The van der Waals surface area contributed by atoms with Crippen molar-refractivity contribution in [2.45, 2.75) is 46.6 Å². The van der Waals surface area contributed by atoms with Crippen molar-refractivity contribution < 1.29 is 4.74 Å². The van der Waals surface area contributed by atoms with Crippen LogP contribution in [0.5, 0.6) is 0 Å². The number of hydrogen-bond acceptors (Lipinski definition) is 4. The summed E-state index contributed by atoms with van der Waals surface area (Å²) in [7, 11) is 0. The monoisotopic (exact) mass is 367 g/mol. The van der Waals surface area contributed by atoms with E-state index in [0.29, 0.717) is 0 Å². The van der Waals surface area contributed by atoms with E-state index in [9.17, 15) is 0 Å². The highest BCUT2D eigenvalue weighted by Gasteiger charge is 2.32. The third-order valence-corrected chi connectivity index (χ3v) is 5.52. The molecule has 6 nitrogen and oxygen atoms in total. The van der Waals surface area contributed by atoms with Crippen molar-refractivity contribution in [1.29, 1.82) is 0 Å². The molecule has 0 aromatic carbocycles. The minimum atomic E-state index is 0.0928. The number of guanidine groups is 1. The van der Waals surface area contributed by atoms with E-state index in [4.69, 9.17) is 9.73 Å². The number of piperidine rings is 1. The normalized spacial score (nSPS) is 26.7. The Morgan fingerprint density at radius 1 is 1.12 bits per heavy atom.